The first kappa shape index (κ1) is 8.78. The molecule has 0 bridgehead atoms. The summed E-state index contributed by atoms with van der Waals surface area (Å²) in [7, 11) is 0. The molecule has 0 aromatic carbocycles. The van der Waals surface area contributed by atoms with E-state index in [1.54, 1.807) is 6.20 Å². The van der Waals surface area contributed by atoms with Gasteiger partial charge in [0.15, 0.2) is 5.82 Å². The maximum atomic E-state index is 11.5. The van der Waals surface area contributed by atoms with Crippen molar-refractivity contribution in [2.75, 3.05) is 0 Å². The Hall–Kier alpha value is -2.50. The summed E-state index contributed by atoms with van der Waals surface area (Å²) in [5, 5.41) is 2.85. The van der Waals surface area contributed by atoms with Crippen LogP contribution in [0.1, 0.15) is 0 Å². The molecule has 0 spiro atoms. The normalized spacial score (nSPS) is 10.8. The van der Waals surface area contributed by atoms with Crippen LogP contribution in [-0.2, 0) is 0 Å². The fourth-order valence-electron chi connectivity index (χ4n) is 1.43. The Bertz CT molecular complexity index is 685. The summed E-state index contributed by atoms with van der Waals surface area (Å²) < 4.78 is 1.28. The Morgan fingerprint density at radius 2 is 2.06 bits per heavy atom. The number of nitrogens with one attached hydrogen (secondary N) is 1. The zero-order valence-electron chi connectivity index (χ0n) is 8.16. The van der Waals surface area contributed by atoms with Crippen LogP contribution in [0.5, 0.6) is 0 Å². The van der Waals surface area contributed by atoms with Gasteiger partial charge in [0, 0.05) is 18.5 Å². The van der Waals surface area contributed by atoms with E-state index in [2.05, 4.69) is 20.1 Å². The average Bonchev–Trinajstić information content (AvgIpc) is 2.76. The van der Waals surface area contributed by atoms with Gasteiger partial charge in [-0.2, -0.15) is 9.50 Å². The van der Waals surface area contributed by atoms with Crippen molar-refractivity contribution in [1.29, 1.82) is 0 Å². The number of aromatic amines is 1. The predicted octanol–water partition coefficient (Wildman–Crippen LogP) is 0.480. The monoisotopic (exact) mass is 213 g/mol. The van der Waals surface area contributed by atoms with E-state index >= 15 is 0 Å². The first-order valence-electron chi connectivity index (χ1n) is 4.70. The van der Waals surface area contributed by atoms with Crippen LogP contribution in [0.3, 0.4) is 0 Å². The highest BCUT2D eigenvalue weighted by atomic mass is 16.1. The fourth-order valence-corrected chi connectivity index (χ4v) is 1.43. The highest BCUT2D eigenvalue weighted by Gasteiger charge is 2.06. The minimum absolute atomic E-state index is 0.195. The molecule has 3 rings (SSSR count). The lowest BCUT2D eigenvalue weighted by Gasteiger charge is -1.91. The molecule has 3 aromatic heterocycles. The molecule has 0 fully saturated rings. The van der Waals surface area contributed by atoms with E-state index in [0.29, 0.717) is 17.3 Å². The Labute approximate surface area is 89.6 Å². The maximum Gasteiger partial charge on any atom is 0.273 e. The van der Waals surface area contributed by atoms with E-state index in [9.17, 15) is 4.79 Å². The molecule has 6 heteroatoms. The quantitative estimate of drug-likeness (QED) is 0.637. The molecule has 78 valence electrons. The lowest BCUT2D eigenvalue weighted by atomic mass is 10.3. The van der Waals surface area contributed by atoms with Crippen LogP contribution >= 0.6 is 0 Å². The summed E-state index contributed by atoms with van der Waals surface area (Å²) in [6.07, 6.45) is 3.10. The van der Waals surface area contributed by atoms with Gasteiger partial charge in [0.05, 0.1) is 0 Å². The van der Waals surface area contributed by atoms with Crippen LogP contribution in [0, 0.1) is 0 Å². The highest BCUT2D eigenvalue weighted by Crippen LogP contribution is 2.10. The van der Waals surface area contributed by atoms with E-state index in [1.807, 2.05) is 18.2 Å². The van der Waals surface area contributed by atoms with Crippen molar-refractivity contribution < 1.29 is 0 Å². The van der Waals surface area contributed by atoms with Crippen LogP contribution in [0.25, 0.3) is 17.3 Å². The minimum atomic E-state index is -0.195. The molecule has 6 nitrogen and oxygen atoms in total. The second-order valence-corrected chi connectivity index (χ2v) is 3.21. The van der Waals surface area contributed by atoms with E-state index in [0.717, 1.165) is 0 Å². The van der Waals surface area contributed by atoms with Gasteiger partial charge in [-0.3, -0.25) is 14.9 Å². The van der Waals surface area contributed by atoms with E-state index < -0.39 is 0 Å². The maximum absolute atomic E-state index is 11.5. The van der Waals surface area contributed by atoms with Crippen molar-refractivity contribution >= 4 is 5.78 Å². The number of pyridine rings is 1. The van der Waals surface area contributed by atoms with Crippen molar-refractivity contribution in [2.24, 2.45) is 0 Å². The van der Waals surface area contributed by atoms with Crippen molar-refractivity contribution in [2.45, 2.75) is 0 Å². The predicted molar refractivity (Wildman–Crippen MR) is 56.8 cm³/mol. The van der Waals surface area contributed by atoms with E-state index in [-0.39, 0.29) is 5.56 Å². The van der Waals surface area contributed by atoms with Crippen LogP contribution in [-0.4, -0.2) is 24.6 Å². The lowest BCUT2D eigenvalue weighted by molar-refractivity contribution is 0.900. The van der Waals surface area contributed by atoms with Crippen LogP contribution in [0.15, 0.2) is 41.5 Å². The van der Waals surface area contributed by atoms with Gasteiger partial charge in [0.1, 0.15) is 5.69 Å². The molecule has 0 saturated heterocycles. The summed E-state index contributed by atoms with van der Waals surface area (Å²) in [4.78, 5) is 23.8. The molecule has 0 unspecified atom stereocenters. The number of fused-ring (bicyclic) bond motifs is 1. The third-order valence-electron chi connectivity index (χ3n) is 2.16. The zero-order valence-corrected chi connectivity index (χ0v) is 8.16. The number of hydrogen-bond donors (Lipinski definition) is 1. The molecule has 0 aliphatic carbocycles. The van der Waals surface area contributed by atoms with Crippen LogP contribution < -0.4 is 5.56 Å². The second kappa shape index (κ2) is 3.27. The molecule has 3 heterocycles. The largest absolute Gasteiger partial charge is 0.273 e. The van der Waals surface area contributed by atoms with Gasteiger partial charge < -0.3 is 0 Å². The molecule has 0 radical (unpaired) electrons. The van der Waals surface area contributed by atoms with E-state index in [1.165, 1.54) is 16.8 Å². The summed E-state index contributed by atoms with van der Waals surface area (Å²) in [6.45, 7) is 0. The Morgan fingerprint density at radius 3 is 2.81 bits per heavy atom. The van der Waals surface area contributed by atoms with Gasteiger partial charge in [0.25, 0.3) is 11.3 Å². The molecular weight excluding hydrogens is 206 g/mol. The van der Waals surface area contributed by atoms with Crippen LogP contribution in [0.2, 0.25) is 0 Å². The Balaban J connectivity index is 2.28. The highest BCUT2D eigenvalue weighted by molar-refractivity contribution is 5.50. The summed E-state index contributed by atoms with van der Waals surface area (Å²) in [5.41, 5.74) is 0.479. The molecular formula is C10H7N5O. The molecule has 0 aliphatic heterocycles. The summed E-state index contributed by atoms with van der Waals surface area (Å²) in [6, 6.07) is 6.85. The molecule has 0 saturated carbocycles. The molecule has 0 amide bonds. The standard InChI is InChI=1S/C10H7N5O/c16-8-4-6-12-10-13-9(14-15(8)10)7-3-1-2-5-11-7/h1-6H,(H,12,13,14). The third kappa shape index (κ3) is 1.28. The number of nitrogens with zero attached hydrogens (tertiary/aromatic N) is 4. The molecule has 0 aliphatic rings. The van der Waals surface area contributed by atoms with Gasteiger partial charge >= 0.3 is 0 Å². The molecule has 0 atom stereocenters. The van der Waals surface area contributed by atoms with Gasteiger partial charge in [-0.05, 0) is 12.1 Å². The Morgan fingerprint density at radius 1 is 1.12 bits per heavy atom. The van der Waals surface area contributed by atoms with Gasteiger partial charge in [-0.25, -0.2) is 4.98 Å². The number of rotatable bonds is 1. The second-order valence-electron chi connectivity index (χ2n) is 3.21. The topological polar surface area (TPSA) is 75.9 Å². The lowest BCUT2D eigenvalue weighted by Crippen LogP contribution is -2.12. The third-order valence-corrected chi connectivity index (χ3v) is 2.16. The van der Waals surface area contributed by atoms with E-state index in [4.69, 9.17) is 0 Å². The first-order valence-corrected chi connectivity index (χ1v) is 4.70. The number of hydrogen-bond acceptors (Lipinski definition) is 4. The Kier molecular flexibility index (Phi) is 1.79. The fraction of sp³-hybridized carbons (Fsp3) is 0. The number of H-pyrrole nitrogens is 1. The molecule has 3 aromatic rings. The van der Waals surface area contributed by atoms with Gasteiger partial charge in [-0.15, -0.1) is 0 Å². The average molecular weight is 213 g/mol. The summed E-state index contributed by atoms with van der Waals surface area (Å²) in [5.74, 6) is 0.865. The van der Waals surface area contributed by atoms with Crippen molar-refractivity contribution in [3.63, 3.8) is 0 Å². The molecule has 16 heavy (non-hydrogen) atoms. The minimum Gasteiger partial charge on any atom is -0.270 e. The summed E-state index contributed by atoms with van der Waals surface area (Å²) >= 11 is 0. The smallest absolute Gasteiger partial charge is 0.270 e. The van der Waals surface area contributed by atoms with Gasteiger partial charge in [0.2, 0.25) is 0 Å². The van der Waals surface area contributed by atoms with Crippen molar-refractivity contribution in [3.8, 4) is 11.5 Å². The SMILES string of the molecule is O=c1ccnc2nc(-c3ccccn3)[nH]n12. The van der Waals surface area contributed by atoms with Crippen molar-refractivity contribution in [1.82, 2.24) is 24.6 Å². The van der Waals surface area contributed by atoms with Crippen LogP contribution in [0.4, 0.5) is 0 Å². The van der Waals surface area contributed by atoms with Crippen molar-refractivity contribution in [3.05, 3.63) is 47.0 Å². The molecule has 1 N–H and O–H groups in total. The van der Waals surface area contributed by atoms with Gasteiger partial charge in [-0.1, -0.05) is 6.07 Å². The number of aromatic nitrogens is 5. The first-order chi connectivity index (χ1) is 7.84. The zero-order chi connectivity index (χ0) is 11.0.